The van der Waals surface area contributed by atoms with E-state index in [1.807, 2.05) is 68.7 Å². The Hall–Kier alpha value is -2.35. The van der Waals surface area contributed by atoms with Crippen LogP contribution in [0.5, 0.6) is 0 Å². The first-order valence-corrected chi connectivity index (χ1v) is 7.88. The molecule has 2 aromatic carbocycles. The second-order valence-electron chi connectivity index (χ2n) is 7.01. The summed E-state index contributed by atoms with van der Waals surface area (Å²) in [5.74, 6) is 0.0298. The van der Waals surface area contributed by atoms with Crippen molar-refractivity contribution in [3.8, 4) is 0 Å². The number of carbonyl (C=O) groups is 1. The van der Waals surface area contributed by atoms with E-state index < -0.39 is 0 Å². The van der Waals surface area contributed by atoms with Gasteiger partial charge in [0.2, 0.25) is 0 Å². The van der Waals surface area contributed by atoms with Gasteiger partial charge in [-0.3, -0.25) is 4.79 Å². The molecule has 0 radical (unpaired) electrons. The largest absolute Gasteiger partial charge is 0.378 e. The van der Waals surface area contributed by atoms with E-state index in [4.69, 9.17) is 0 Å². The lowest BCUT2D eigenvalue weighted by molar-refractivity contribution is 0.104. The fourth-order valence-corrected chi connectivity index (χ4v) is 2.29. The molecule has 0 aliphatic carbocycles. The number of anilines is 1. The van der Waals surface area contributed by atoms with E-state index in [0.29, 0.717) is 0 Å². The molecule has 0 aliphatic rings. The molecule has 120 valence electrons. The van der Waals surface area contributed by atoms with E-state index >= 15 is 0 Å². The van der Waals surface area contributed by atoms with Crippen LogP contribution in [-0.4, -0.2) is 19.9 Å². The molecular formula is C21H25NO. The molecule has 0 atom stereocenters. The van der Waals surface area contributed by atoms with Gasteiger partial charge in [-0.05, 0) is 34.8 Å². The molecule has 0 saturated carbocycles. The topological polar surface area (TPSA) is 20.3 Å². The second-order valence-corrected chi connectivity index (χ2v) is 7.01. The van der Waals surface area contributed by atoms with Gasteiger partial charge in [-0.1, -0.05) is 63.2 Å². The summed E-state index contributed by atoms with van der Waals surface area (Å²) in [5, 5.41) is 0. The van der Waals surface area contributed by atoms with Crippen molar-refractivity contribution in [1.82, 2.24) is 0 Å². The highest BCUT2D eigenvalue weighted by Crippen LogP contribution is 2.22. The molecular weight excluding hydrogens is 282 g/mol. The molecule has 0 saturated heterocycles. The molecule has 2 nitrogen and oxygen atoms in total. The van der Waals surface area contributed by atoms with Crippen molar-refractivity contribution in [2.45, 2.75) is 26.2 Å². The van der Waals surface area contributed by atoms with Crippen LogP contribution in [0.1, 0.15) is 42.3 Å². The number of nitrogens with zero attached hydrogens (tertiary/aromatic N) is 1. The first-order valence-electron chi connectivity index (χ1n) is 7.88. The van der Waals surface area contributed by atoms with E-state index in [1.54, 1.807) is 6.08 Å². The molecule has 0 N–H and O–H groups in total. The van der Waals surface area contributed by atoms with Crippen LogP contribution >= 0.6 is 0 Å². The number of allylic oxidation sites excluding steroid dienone is 1. The molecule has 23 heavy (non-hydrogen) atoms. The summed E-state index contributed by atoms with van der Waals surface area (Å²) in [6.45, 7) is 6.50. The molecule has 0 bridgehead atoms. The fourth-order valence-electron chi connectivity index (χ4n) is 2.29. The lowest BCUT2D eigenvalue weighted by Gasteiger charge is -2.18. The van der Waals surface area contributed by atoms with Crippen molar-refractivity contribution in [3.63, 3.8) is 0 Å². The summed E-state index contributed by atoms with van der Waals surface area (Å²) in [6, 6.07) is 16.0. The maximum Gasteiger partial charge on any atom is 0.185 e. The number of hydrogen-bond acceptors (Lipinski definition) is 2. The number of hydrogen-bond donors (Lipinski definition) is 0. The normalized spacial score (nSPS) is 11.7. The van der Waals surface area contributed by atoms with Gasteiger partial charge in [0.05, 0.1) is 0 Å². The van der Waals surface area contributed by atoms with Crippen LogP contribution in [0.4, 0.5) is 5.69 Å². The van der Waals surface area contributed by atoms with Gasteiger partial charge in [-0.2, -0.15) is 0 Å². The fraction of sp³-hybridized carbons (Fsp3) is 0.286. The Bertz CT molecular complexity index is 686. The Morgan fingerprint density at radius 2 is 1.48 bits per heavy atom. The standard InChI is InChI=1S/C21H25NO/c1-21(2,3)18-11-9-17(10-12-18)20(23)15-8-16-6-13-19(14-7-16)22(4)5/h6-15H,1-5H3/b15-8+. The Morgan fingerprint density at radius 1 is 0.913 bits per heavy atom. The predicted molar refractivity (Wildman–Crippen MR) is 99.3 cm³/mol. The quantitative estimate of drug-likeness (QED) is 0.588. The monoisotopic (exact) mass is 307 g/mol. The average Bonchev–Trinajstić information content (AvgIpc) is 2.52. The third kappa shape index (κ3) is 4.56. The van der Waals surface area contributed by atoms with Crippen LogP contribution in [0.15, 0.2) is 54.6 Å². The molecule has 0 unspecified atom stereocenters. The van der Waals surface area contributed by atoms with Crippen molar-refractivity contribution < 1.29 is 4.79 Å². The zero-order chi connectivity index (χ0) is 17.0. The number of benzene rings is 2. The summed E-state index contributed by atoms with van der Waals surface area (Å²) in [4.78, 5) is 14.3. The van der Waals surface area contributed by atoms with Gasteiger partial charge in [0, 0.05) is 25.3 Å². The van der Waals surface area contributed by atoms with Gasteiger partial charge in [0.15, 0.2) is 5.78 Å². The summed E-state index contributed by atoms with van der Waals surface area (Å²) >= 11 is 0. The highest BCUT2D eigenvalue weighted by molar-refractivity contribution is 6.06. The third-order valence-electron chi connectivity index (χ3n) is 3.87. The van der Waals surface area contributed by atoms with Crippen LogP contribution in [0.25, 0.3) is 6.08 Å². The van der Waals surface area contributed by atoms with Crippen molar-refractivity contribution >= 4 is 17.5 Å². The molecule has 2 heteroatoms. The highest BCUT2D eigenvalue weighted by atomic mass is 16.1. The first-order chi connectivity index (χ1) is 10.8. The van der Waals surface area contributed by atoms with Gasteiger partial charge >= 0.3 is 0 Å². The Kier molecular flexibility index (Phi) is 5.05. The van der Waals surface area contributed by atoms with Crippen LogP contribution in [0.2, 0.25) is 0 Å². The summed E-state index contributed by atoms with van der Waals surface area (Å²) in [7, 11) is 4.02. The zero-order valence-electron chi connectivity index (χ0n) is 14.6. The van der Waals surface area contributed by atoms with Gasteiger partial charge in [-0.25, -0.2) is 0 Å². The average molecular weight is 307 g/mol. The predicted octanol–water partition coefficient (Wildman–Crippen LogP) is 4.95. The Labute approximate surface area is 139 Å². The highest BCUT2D eigenvalue weighted by Gasteiger charge is 2.13. The van der Waals surface area contributed by atoms with Gasteiger partial charge < -0.3 is 4.90 Å². The third-order valence-corrected chi connectivity index (χ3v) is 3.87. The van der Waals surface area contributed by atoms with E-state index in [2.05, 4.69) is 25.7 Å². The smallest absolute Gasteiger partial charge is 0.185 e. The minimum absolute atomic E-state index is 0.0298. The Balaban J connectivity index is 2.09. The molecule has 0 spiro atoms. The summed E-state index contributed by atoms with van der Waals surface area (Å²) in [5.41, 5.74) is 4.23. The molecule has 0 fully saturated rings. The molecule has 2 aromatic rings. The summed E-state index contributed by atoms with van der Waals surface area (Å²) < 4.78 is 0. The maximum absolute atomic E-state index is 12.3. The van der Waals surface area contributed by atoms with Gasteiger partial charge in [0.25, 0.3) is 0 Å². The van der Waals surface area contributed by atoms with E-state index in [-0.39, 0.29) is 11.2 Å². The van der Waals surface area contributed by atoms with E-state index in [1.165, 1.54) is 5.56 Å². The minimum atomic E-state index is 0.0298. The van der Waals surface area contributed by atoms with Crippen LogP contribution in [-0.2, 0) is 5.41 Å². The lowest BCUT2D eigenvalue weighted by Crippen LogP contribution is -2.11. The number of ketones is 1. The minimum Gasteiger partial charge on any atom is -0.378 e. The zero-order valence-corrected chi connectivity index (χ0v) is 14.6. The van der Waals surface area contributed by atoms with E-state index in [0.717, 1.165) is 16.8 Å². The lowest BCUT2D eigenvalue weighted by atomic mass is 9.86. The van der Waals surface area contributed by atoms with Crippen molar-refractivity contribution in [1.29, 1.82) is 0 Å². The second kappa shape index (κ2) is 6.82. The SMILES string of the molecule is CN(C)c1ccc(/C=C/C(=O)c2ccc(C(C)(C)C)cc2)cc1. The molecule has 0 aliphatic heterocycles. The van der Waals surface area contributed by atoms with Gasteiger partial charge in [-0.15, -0.1) is 0 Å². The van der Waals surface area contributed by atoms with Crippen molar-refractivity contribution in [2.24, 2.45) is 0 Å². The number of rotatable bonds is 4. The van der Waals surface area contributed by atoms with E-state index in [9.17, 15) is 4.79 Å². The molecule has 0 aromatic heterocycles. The summed E-state index contributed by atoms with van der Waals surface area (Å²) in [6.07, 6.45) is 3.50. The van der Waals surface area contributed by atoms with Crippen LogP contribution < -0.4 is 4.90 Å². The maximum atomic E-state index is 12.3. The van der Waals surface area contributed by atoms with Crippen molar-refractivity contribution in [2.75, 3.05) is 19.0 Å². The van der Waals surface area contributed by atoms with Crippen LogP contribution in [0.3, 0.4) is 0 Å². The molecule has 2 rings (SSSR count). The molecule has 0 amide bonds. The van der Waals surface area contributed by atoms with Crippen LogP contribution in [0, 0.1) is 0 Å². The van der Waals surface area contributed by atoms with Gasteiger partial charge in [0.1, 0.15) is 0 Å². The van der Waals surface area contributed by atoms with Crippen molar-refractivity contribution in [3.05, 3.63) is 71.3 Å². The number of carbonyl (C=O) groups excluding carboxylic acids is 1. The molecule has 0 heterocycles. The first kappa shape index (κ1) is 17.0. The Morgan fingerprint density at radius 3 is 1.96 bits per heavy atom.